The van der Waals surface area contributed by atoms with E-state index >= 15 is 0 Å². The van der Waals surface area contributed by atoms with E-state index in [2.05, 4.69) is 5.32 Å². The number of esters is 1. The van der Waals surface area contributed by atoms with E-state index in [4.69, 9.17) is 4.74 Å². The van der Waals surface area contributed by atoms with Crippen molar-refractivity contribution >= 4 is 18.2 Å². The zero-order valence-electron chi connectivity index (χ0n) is 9.14. The second-order valence-electron chi connectivity index (χ2n) is 3.72. The molecule has 0 saturated heterocycles. The number of hydrogen-bond acceptors (Lipinski definition) is 4. The van der Waals surface area contributed by atoms with Gasteiger partial charge in [0.05, 0.1) is 6.42 Å². The number of carbonyl (C=O) groups is 3. The molecule has 1 atom stereocenters. The fourth-order valence-electron chi connectivity index (χ4n) is 1.05. The summed E-state index contributed by atoms with van der Waals surface area (Å²) in [6.45, 7) is 1.71. The fourth-order valence-corrected chi connectivity index (χ4v) is 1.05. The average molecular weight is 225 g/mol. The second kappa shape index (κ2) is 6.05. The molecule has 0 radical (unpaired) electrons. The van der Waals surface area contributed by atoms with Crippen molar-refractivity contribution < 1.29 is 19.1 Å². The molecule has 1 aliphatic carbocycles. The van der Waals surface area contributed by atoms with E-state index in [1.165, 1.54) is 12.2 Å². The minimum absolute atomic E-state index is 0.0807. The summed E-state index contributed by atoms with van der Waals surface area (Å²) in [7, 11) is 0. The van der Waals surface area contributed by atoms with Gasteiger partial charge in [-0.2, -0.15) is 0 Å². The van der Waals surface area contributed by atoms with Crippen LogP contribution in [0.25, 0.3) is 0 Å². The Morgan fingerprint density at radius 3 is 2.75 bits per heavy atom. The summed E-state index contributed by atoms with van der Waals surface area (Å²) < 4.78 is 4.97. The van der Waals surface area contributed by atoms with Gasteiger partial charge in [-0.15, -0.1) is 0 Å². The fraction of sp³-hybridized carbons (Fsp3) is 0.545. The van der Waals surface area contributed by atoms with E-state index in [0.29, 0.717) is 6.29 Å². The molecule has 1 saturated carbocycles. The number of aldehydes is 1. The highest BCUT2D eigenvalue weighted by atomic mass is 16.5. The summed E-state index contributed by atoms with van der Waals surface area (Å²) in [6, 6.07) is -0.292. The largest absolute Gasteiger partial charge is 0.459 e. The van der Waals surface area contributed by atoms with Crippen LogP contribution in [0.4, 0.5) is 0 Å². The lowest BCUT2D eigenvalue weighted by Crippen LogP contribution is -2.31. The molecule has 88 valence electrons. The number of amides is 1. The van der Waals surface area contributed by atoms with Crippen molar-refractivity contribution in [2.45, 2.75) is 38.3 Å². The van der Waals surface area contributed by atoms with Crippen LogP contribution in [0, 0.1) is 0 Å². The van der Waals surface area contributed by atoms with Gasteiger partial charge in [0, 0.05) is 12.1 Å². The Hall–Kier alpha value is -1.65. The molecule has 1 N–H and O–H groups in total. The van der Waals surface area contributed by atoms with Crippen LogP contribution in [-0.4, -0.2) is 30.3 Å². The third-order valence-corrected chi connectivity index (χ3v) is 1.99. The highest BCUT2D eigenvalue weighted by molar-refractivity contribution is 5.88. The summed E-state index contributed by atoms with van der Waals surface area (Å²) in [5.74, 6) is -0.748. The molecule has 1 unspecified atom stereocenters. The van der Waals surface area contributed by atoms with Crippen molar-refractivity contribution in [3.8, 4) is 0 Å². The van der Waals surface area contributed by atoms with Gasteiger partial charge in [0.1, 0.15) is 12.4 Å². The maximum atomic E-state index is 11.1. The monoisotopic (exact) mass is 225 g/mol. The molecule has 0 aliphatic heterocycles. The lowest BCUT2D eigenvalue weighted by Gasteiger charge is -2.07. The summed E-state index contributed by atoms with van der Waals surface area (Å²) in [5.41, 5.74) is 0. The van der Waals surface area contributed by atoms with Crippen molar-refractivity contribution in [1.82, 2.24) is 5.32 Å². The molecule has 5 nitrogen and oxygen atoms in total. The predicted octanol–water partition coefficient (Wildman–Crippen LogP) is 0.342. The maximum Gasteiger partial charge on any atom is 0.330 e. The molecule has 0 heterocycles. The Labute approximate surface area is 93.8 Å². The first kappa shape index (κ1) is 12.4. The average Bonchev–Trinajstić information content (AvgIpc) is 2.99. The van der Waals surface area contributed by atoms with Crippen LogP contribution in [0.3, 0.4) is 0 Å². The minimum Gasteiger partial charge on any atom is -0.459 e. The number of rotatable bonds is 6. The number of hydrogen-bond donors (Lipinski definition) is 1. The Bertz CT molecular complexity index is 307. The Kier molecular flexibility index (Phi) is 4.69. The van der Waals surface area contributed by atoms with Crippen LogP contribution >= 0.6 is 0 Å². The lowest BCUT2D eigenvalue weighted by molar-refractivity contribution is -0.139. The first-order chi connectivity index (χ1) is 7.61. The molecule has 0 spiro atoms. The second-order valence-corrected chi connectivity index (χ2v) is 3.72. The maximum absolute atomic E-state index is 11.1. The number of carbonyl (C=O) groups excluding carboxylic acids is 3. The van der Waals surface area contributed by atoms with Gasteiger partial charge >= 0.3 is 5.97 Å². The van der Waals surface area contributed by atoms with Crippen molar-refractivity contribution in [3.63, 3.8) is 0 Å². The molecule has 0 aromatic heterocycles. The summed E-state index contributed by atoms with van der Waals surface area (Å²) in [6.07, 6.45) is 5.16. The van der Waals surface area contributed by atoms with Crippen molar-refractivity contribution in [2.75, 3.05) is 0 Å². The number of nitrogens with one attached hydrogen (secondary N) is 1. The van der Waals surface area contributed by atoms with Crippen LogP contribution in [0.5, 0.6) is 0 Å². The standard InChI is InChI=1S/C11H15NO4/c1-8(12-10(14)6-7-13)2-5-11(15)16-9-3-4-9/h2,5,7-9H,3-4,6H2,1H3,(H,12,14)/b5-2+. The topological polar surface area (TPSA) is 72.5 Å². The van der Waals surface area contributed by atoms with E-state index < -0.39 is 0 Å². The van der Waals surface area contributed by atoms with Gasteiger partial charge < -0.3 is 14.8 Å². The molecule has 0 aromatic rings. The highest BCUT2D eigenvalue weighted by Crippen LogP contribution is 2.23. The third kappa shape index (κ3) is 5.29. The van der Waals surface area contributed by atoms with E-state index in [-0.39, 0.29) is 30.4 Å². The van der Waals surface area contributed by atoms with Crippen LogP contribution in [-0.2, 0) is 19.1 Å². The van der Waals surface area contributed by atoms with Gasteiger partial charge in [0.2, 0.25) is 5.91 Å². The molecule has 1 aliphatic rings. The summed E-state index contributed by atoms with van der Waals surface area (Å²) in [4.78, 5) is 32.2. The molecule has 5 heteroatoms. The molecule has 1 amide bonds. The van der Waals surface area contributed by atoms with E-state index in [9.17, 15) is 14.4 Å². The number of ether oxygens (including phenoxy) is 1. The van der Waals surface area contributed by atoms with Crippen molar-refractivity contribution in [3.05, 3.63) is 12.2 Å². The highest BCUT2D eigenvalue weighted by Gasteiger charge is 2.24. The van der Waals surface area contributed by atoms with Crippen molar-refractivity contribution in [2.24, 2.45) is 0 Å². The first-order valence-corrected chi connectivity index (χ1v) is 5.23. The van der Waals surface area contributed by atoms with Gasteiger partial charge in [0.25, 0.3) is 0 Å². The molecule has 0 bridgehead atoms. The van der Waals surface area contributed by atoms with Gasteiger partial charge in [-0.1, -0.05) is 6.08 Å². The molecule has 16 heavy (non-hydrogen) atoms. The molecule has 1 rings (SSSR count). The Morgan fingerprint density at radius 1 is 1.50 bits per heavy atom. The Morgan fingerprint density at radius 2 is 2.19 bits per heavy atom. The zero-order chi connectivity index (χ0) is 12.0. The third-order valence-electron chi connectivity index (χ3n) is 1.99. The lowest BCUT2D eigenvalue weighted by atomic mass is 10.3. The molecular weight excluding hydrogens is 210 g/mol. The van der Waals surface area contributed by atoms with Gasteiger partial charge in [-0.05, 0) is 19.8 Å². The van der Waals surface area contributed by atoms with Crippen LogP contribution in [0.15, 0.2) is 12.2 Å². The quantitative estimate of drug-likeness (QED) is 0.306. The van der Waals surface area contributed by atoms with Gasteiger partial charge in [-0.3, -0.25) is 4.79 Å². The molecule has 1 fully saturated rings. The molecule has 0 aromatic carbocycles. The smallest absolute Gasteiger partial charge is 0.330 e. The molecular formula is C11H15NO4. The van der Waals surface area contributed by atoms with Crippen LogP contribution in [0.2, 0.25) is 0 Å². The van der Waals surface area contributed by atoms with E-state index in [1.54, 1.807) is 6.92 Å². The summed E-state index contributed by atoms with van der Waals surface area (Å²) >= 11 is 0. The first-order valence-electron chi connectivity index (χ1n) is 5.23. The minimum atomic E-state index is -0.390. The Balaban J connectivity index is 2.22. The van der Waals surface area contributed by atoms with Crippen LogP contribution in [0.1, 0.15) is 26.2 Å². The van der Waals surface area contributed by atoms with Gasteiger partial charge in [0.15, 0.2) is 0 Å². The van der Waals surface area contributed by atoms with E-state index in [0.717, 1.165) is 12.8 Å². The van der Waals surface area contributed by atoms with Crippen LogP contribution < -0.4 is 5.32 Å². The predicted molar refractivity (Wildman–Crippen MR) is 56.5 cm³/mol. The van der Waals surface area contributed by atoms with Crippen molar-refractivity contribution in [1.29, 1.82) is 0 Å². The van der Waals surface area contributed by atoms with Gasteiger partial charge in [-0.25, -0.2) is 4.79 Å². The normalized spacial score (nSPS) is 16.8. The zero-order valence-corrected chi connectivity index (χ0v) is 9.14. The summed E-state index contributed by atoms with van der Waals surface area (Å²) in [5, 5.41) is 2.54. The van der Waals surface area contributed by atoms with E-state index in [1.807, 2.05) is 0 Å². The SMILES string of the molecule is CC(/C=C/C(=O)OC1CC1)NC(=O)CC=O.